The summed E-state index contributed by atoms with van der Waals surface area (Å²) in [5, 5.41) is 4.41. The van der Waals surface area contributed by atoms with E-state index in [1.54, 1.807) is 28.9 Å². The molecular weight excluding hydrogens is 320 g/mol. The molecule has 0 spiro atoms. The van der Waals surface area contributed by atoms with E-state index in [9.17, 15) is 8.78 Å². The first-order valence-electron chi connectivity index (χ1n) is 8.39. The van der Waals surface area contributed by atoms with Gasteiger partial charge in [0.05, 0.1) is 17.4 Å². The number of pyridine rings is 1. The van der Waals surface area contributed by atoms with Crippen molar-refractivity contribution in [3.63, 3.8) is 0 Å². The molecule has 4 rings (SSSR count). The van der Waals surface area contributed by atoms with Crippen molar-refractivity contribution < 1.29 is 8.78 Å². The molecule has 25 heavy (non-hydrogen) atoms. The lowest BCUT2D eigenvalue weighted by Gasteiger charge is -2.37. The van der Waals surface area contributed by atoms with Crippen LogP contribution in [0.3, 0.4) is 0 Å². The van der Waals surface area contributed by atoms with E-state index in [2.05, 4.69) is 17.0 Å². The third-order valence-electron chi connectivity index (χ3n) is 4.92. The summed E-state index contributed by atoms with van der Waals surface area (Å²) >= 11 is 0. The summed E-state index contributed by atoms with van der Waals surface area (Å²) < 4.78 is 31.5. The van der Waals surface area contributed by atoms with Gasteiger partial charge in [0.25, 0.3) is 5.92 Å². The lowest BCUT2D eigenvalue weighted by atomic mass is 9.82. The molecule has 3 nitrogen and oxygen atoms in total. The molecule has 0 aliphatic carbocycles. The molecule has 0 bridgehead atoms. The fourth-order valence-corrected chi connectivity index (χ4v) is 3.33. The molecule has 3 aromatic rings. The molecule has 0 fully saturated rings. The molecule has 0 saturated heterocycles. The van der Waals surface area contributed by atoms with E-state index < -0.39 is 11.5 Å². The van der Waals surface area contributed by atoms with Gasteiger partial charge in [0.2, 0.25) is 0 Å². The second-order valence-corrected chi connectivity index (χ2v) is 6.92. The van der Waals surface area contributed by atoms with Crippen molar-refractivity contribution in [1.29, 1.82) is 0 Å². The predicted molar refractivity (Wildman–Crippen MR) is 94.6 cm³/mol. The Morgan fingerprint density at radius 2 is 1.80 bits per heavy atom. The number of fused-ring (bicyclic) bond motifs is 2. The van der Waals surface area contributed by atoms with Crippen LogP contribution in [0.15, 0.2) is 53.8 Å². The maximum Gasteiger partial charge on any atom is 0.297 e. The highest BCUT2D eigenvalue weighted by molar-refractivity contribution is 6.18. The summed E-state index contributed by atoms with van der Waals surface area (Å²) in [6.45, 7) is 5.03. The highest BCUT2D eigenvalue weighted by Crippen LogP contribution is 2.46. The van der Waals surface area contributed by atoms with Gasteiger partial charge in [-0.25, -0.2) is 4.52 Å². The monoisotopic (exact) mass is 339 g/mol. The van der Waals surface area contributed by atoms with Gasteiger partial charge in [-0.15, -0.1) is 0 Å². The number of alkyl halides is 2. The second kappa shape index (κ2) is 5.22. The van der Waals surface area contributed by atoms with Crippen molar-refractivity contribution in [2.24, 2.45) is 4.99 Å². The molecule has 0 radical (unpaired) electrons. The zero-order valence-electron chi connectivity index (χ0n) is 14.4. The van der Waals surface area contributed by atoms with Crippen molar-refractivity contribution in [2.75, 3.05) is 0 Å². The topological polar surface area (TPSA) is 29.7 Å². The van der Waals surface area contributed by atoms with Crippen molar-refractivity contribution in [2.45, 2.75) is 38.7 Å². The van der Waals surface area contributed by atoms with Gasteiger partial charge in [-0.2, -0.15) is 13.9 Å². The number of aromatic nitrogens is 2. The van der Waals surface area contributed by atoms with Gasteiger partial charge in [-0.1, -0.05) is 37.3 Å². The predicted octanol–water partition coefficient (Wildman–Crippen LogP) is 4.62. The van der Waals surface area contributed by atoms with Crippen LogP contribution in [0.4, 0.5) is 8.78 Å². The van der Waals surface area contributed by atoms with Crippen LogP contribution in [0.5, 0.6) is 0 Å². The Labute approximate surface area is 145 Å². The summed E-state index contributed by atoms with van der Waals surface area (Å²) in [4.78, 5) is 4.46. The molecule has 1 aliphatic heterocycles. The first kappa shape index (κ1) is 15.9. The van der Waals surface area contributed by atoms with Gasteiger partial charge < -0.3 is 0 Å². The number of aliphatic imine (C=N–C) groups is 1. The fourth-order valence-electron chi connectivity index (χ4n) is 3.33. The minimum atomic E-state index is -3.02. The molecule has 3 heterocycles. The molecule has 128 valence electrons. The van der Waals surface area contributed by atoms with Gasteiger partial charge in [0.15, 0.2) is 0 Å². The summed E-state index contributed by atoms with van der Waals surface area (Å²) in [7, 11) is 0. The maximum absolute atomic E-state index is 14.9. The average Bonchev–Trinajstić information content (AvgIpc) is 3.01. The fraction of sp³-hybridized carbons (Fsp3) is 0.300. The maximum atomic E-state index is 14.9. The van der Waals surface area contributed by atoms with E-state index in [1.165, 1.54) is 25.5 Å². The van der Waals surface area contributed by atoms with Gasteiger partial charge in [0.1, 0.15) is 5.54 Å². The van der Waals surface area contributed by atoms with E-state index in [0.717, 1.165) is 17.5 Å². The second-order valence-electron chi connectivity index (χ2n) is 6.92. The smallest absolute Gasteiger partial charge is 0.271 e. The summed E-state index contributed by atoms with van der Waals surface area (Å²) in [6, 6.07) is 10.6. The van der Waals surface area contributed by atoms with E-state index in [4.69, 9.17) is 0 Å². The zero-order chi connectivity index (χ0) is 17.8. The third-order valence-corrected chi connectivity index (χ3v) is 4.92. The minimum absolute atomic E-state index is 0.0227. The Bertz CT molecular complexity index is 999. The van der Waals surface area contributed by atoms with Crippen molar-refractivity contribution in [3.05, 3.63) is 71.0 Å². The van der Waals surface area contributed by atoms with Crippen LogP contribution in [-0.2, 0) is 12.3 Å². The summed E-state index contributed by atoms with van der Waals surface area (Å²) in [5.41, 5.74) is 2.36. The molecule has 0 atom stereocenters. The van der Waals surface area contributed by atoms with Gasteiger partial charge >= 0.3 is 0 Å². The number of hydrogen-bond acceptors (Lipinski definition) is 2. The number of aryl methyl sites for hydroxylation is 1. The molecule has 1 aromatic carbocycles. The number of rotatable bonds is 2. The zero-order valence-corrected chi connectivity index (χ0v) is 14.4. The Morgan fingerprint density at radius 1 is 1.04 bits per heavy atom. The van der Waals surface area contributed by atoms with E-state index >= 15 is 0 Å². The summed E-state index contributed by atoms with van der Waals surface area (Å²) in [5.74, 6) is -3.02. The van der Waals surface area contributed by atoms with Crippen LogP contribution in [-0.4, -0.2) is 20.9 Å². The van der Waals surface area contributed by atoms with Crippen LogP contribution in [0, 0.1) is 0 Å². The Kier molecular flexibility index (Phi) is 3.33. The van der Waals surface area contributed by atoms with Crippen molar-refractivity contribution in [1.82, 2.24) is 9.61 Å². The largest absolute Gasteiger partial charge is 0.297 e. The van der Waals surface area contributed by atoms with Crippen molar-refractivity contribution >= 4 is 11.2 Å². The molecule has 5 heteroatoms. The molecule has 0 N–H and O–H groups in total. The lowest BCUT2D eigenvalue weighted by Crippen LogP contribution is -2.44. The summed E-state index contributed by atoms with van der Waals surface area (Å²) in [6.07, 6.45) is 4.59. The third kappa shape index (κ3) is 2.22. The minimum Gasteiger partial charge on any atom is -0.271 e. The average molecular weight is 339 g/mol. The van der Waals surface area contributed by atoms with Gasteiger partial charge in [-0.3, -0.25) is 4.99 Å². The van der Waals surface area contributed by atoms with Crippen LogP contribution in [0.1, 0.15) is 43.0 Å². The van der Waals surface area contributed by atoms with E-state index in [0.29, 0.717) is 11.3 Å². The highest BCUT2D eigenvalue weighted by atomic mass is 19.3. The Morgan fingerprint density at radius 3 is 2.56 bits per heavy atom. The normalized spacial score (nSPS) is 18.0. The molecule has 1 aliphatic rings. The molecule has 0 unspecified atom stereocenters. The highest BCUT2D eigenvalue weighted by Gasteiger charge is 2.52. The Hall–Kier alpha value is -2.56. The quantitative estimate of drug-likeness (QED) is 0.670. The first-order chi connectivity index (χ1) is 11.8. The molecular formula is C20H19F2N3. The number of halogens is 2. The van der Waals surface area contributed by atoms with E-state index in [-0.39, 0.29) is 5.56 Å². The van der Waals surface area contributed by atoms with Crippen LogP contribution < -0.4 is 0 Å². The molecule has 0 saturated carbocycles. The Balaban J connectivity index is 1.98. The lowest BCUT2D eigenvalue weighted by molar-refractivity contribution is -0.0681. The van der Waals surface area contributed by atoms with Crippen LogP contribution in [0.2, 0.25) is 0 Å². The van der Waals surface area contributed by atoms with Crippen molar-refractivity contribution in [3.8, 4) is 0 Å². The van der Waals surface area contributed by atoms with Gasteiger partial charge in [0, 0.05) is 22.9 Å². The standard InChI is InChI=1S/C20H19F2N3/c1-4-13-9-10-17-15(11-23-25(17)12-13)18-14-7-5-6-8-16(14)20(21,22)19(2,3)24-18/h5-12H,4H2,1-3H3. The number of nitrogens with zero attached hydrogens (tertiary/aromatic N) is 3. The van der Waals surface area contributed by atoms with Crippen LogP contribution in [0.25, 0.3) is 5.52 Å². The first-order valence-corrected chi connectivity index (χ1v) is 8.39. The number of benzene rings is 1. The number of hydrogen-bond donors (Lipinski definition) is 0. The van der Waals surface area contributed by atoms with Crippen LogP contribution >= 0.6 is 0 Å². The molecule has 0 amide bonds. The molecule has 2 aromatic heterocycles. The SMILES string of the molecule is CCc1ccc2c(C3=NC(C)(C)C(F)(F)c4ccccc43)cnn2c1. The van der Waals surface area contributed by atoms with Gasteiger partial charge in [-0.05, 0) is 31.9 Å². The van der Waals surface area contributed by atoms with E-state index in [1.807, 2.05) is 18.3 Å².